The summed E-state index contributed by atoms with van der Waals surface area (Å²) in [4.78, 5) is 4.43. The number of benzene rings is 1. The topological polar surface area (TPSA) is 76.8 Å². The minimum atomic E-state index is 0.475. The van der Waals surface area contributed by atoms with Gasteiger partial charge in [0, 0.05) is 17.7 Å². The zero-order valence-electron chi connectivity index (χ0n) is 10.9. The van der Waals surface area contributed by atoms with E-state index in [0.29, 0.717) is 11.7 Å². The third kappa shape index (κ3) is 1.69. The van der Waals surface area contributed by atoms with Crippen LogP contribution >= 0.6 is 0 Å². The predicted octanol–water partition coefficient (Wildman–Crippen LogP) is 2.37. The van der Waals surface area contributed by atoms with Gasteiger partial charge in [0.05, 0.1) is 18.4 Å². The van der Waals surface area contributed by atoms with Gasteiger partial charge in [-0.05, 0) is 30.7 Å². The minimum Gasteiger partial charge on any atom is -0.493 e. The zero-order chi connectivity index (χ0) is 13.5. The number of aromatic amines is 1. The highest BCUT2D eigenvalue weighted by Crippen LogP contribution is 2.30. The molecule has 0 radical (unpaired) electrons. The standard InChI is InChI=1S/C14H12N4O2/c1-8-11(7-15-17-8)14-16-13(18-20-14)10-2-3-12-9(6-10)4-5-19-12/h2-3,6-7H,4-5H2,1H3,(H,15,17). The molecule has 3 heterocycles. The van der Waals surface area contributed by atoms with Gasteiger partial charge in [0.1, 0.15) is 5.75 Å². The number of nitrogens with one attached hydrogen (secondary N) is 1. The van der Waals surface area contributed by atoms with Gasteiger partial charge in [-0.15, -0.1) is 0 Å². The van der Waals surface area contributed by atoms with Crippen LogP contribution in [0.5, 0.6) is 5.75 Å². The molecule has 0 amide bonds. The van der Waals surface area contributed by atoms with Crippen molar-refractivity contribution in [2.75, 3.05) is 6.61 Å². The van der Waals surface area contributed by atoms with Gasteiger partial charge in [0.25, 0.3) is 5.89 Å². The van der Waals surface area contributed by atoms with Crippen molar-refractivity contribution in [2.24, 2.45) is 0 Å². The van der Waals surface area contributed by atoms with Gasteiger partial charge in [-0.2, -0.15) is 10.1 Å². The van der Waals surface area contributed by atoms with E-state index in [-0.39, 0.29) is 0 Å². The molecule has 0 aliphatic carbocycles. The molecular weight excluding hydrogens is 256 g/mol. The van der Waals surface area contributed by atoms with Crippen LogP contribution in [-0.2, 0) is 6.42 Å². The van der Waals surface area contributed by atoms with E-state index in [4.69, 9.17) is 9.26 Å². The normalized spacial score (nSPS) is 13.2. The van der Waals surface area contributed by atoms with E-state index in [1.807, 2.05) is 19.1 Å². The Morgan fingerprint density at radius 2 is 2.25 bits per heavy atom. The molecule has 100 valence electrons. The Morgan fingerprint density at radius 1 is 1.30 bits per heavy atom. The van der Waals surface area contributed by atoms with Crippen LogP contribution in [-0.4, -0.2) is 26.9 Å². The maximum Gasteiger partial charge on any atom is 0.261 e. The molecule has 0 atom stereocenters. The highest BCUT2D eigenvalue weighted by atomic mass is 16.5. The zero-order valence-corrected chi connectivity index (χ0v) is 10.9. The SMILES string of the molecule is Cc1[nH]ncc1-c1nc(-c2ccc3c(c2)CCO3)no1. The summed E-state index contributed by atoms with van der Waals surface area (Å²) in [5.41, 5.74) is 3.86. The van der Waals surface area contributed by atoms with Crippen molar-refractivity contribution in [3.63, 3.8) is 0 Å². The number of fused-ring (bicyclic) bond motifs is 1. The third-order valence-electron chi connectivity index (χ3n) is 3.43. The summed E-state index contributed by atoms with van der Waals surface area (Å²) in [7, 11) is 0. The Labute approximate surface area is 114 Å². The van der Waals surface area contributed by atoms with E-state index in [9.17, 15) is 0 Å². The van der Waals surface area contributed by atoms with E-state index < -0.39 is 0 Å². The van der Waals surface area contributed by atoms with Crippen LogP contribution in [0.15, 0.2) is 28.9 Å². The van der Waals surface area contributed by atoms with Crippen molar-refractivity contribution in [1.29, 1.82) is 0 Å². The quantitative estimate of drug-likeness (QED) is 0.772. The van der Waals surface area contributed by atoms with Crippen molar-refractivity contribution in [3.05, 3.63) is 35.7 Å². The molecule has 0 saturated carbocycles. The van der Waals surface area contributed by atoms with Crippen LogP contribution in [0.25, 0.3) is 22.8 Å². The van der Waals surface area contributed by atoms with E-state index in [1.54, 1.807) is 6.20 Å². The largest absolute Gasteiger partial charge is 0.493 e. The number of aromatic nitrogens is 4. The smallest absolute Gasteiger partial charge is 0.261 e. The number of nitrogens with zero attached hydrogens (tertiary/aromatic N) is 3. The number of aryl methyl sites for hydroxylation is 1. The summed E-state index contributed by atoms with van der Waals surface area (Å²) < 4.78 is 10.8. The predicted molar refractivity (Wildman–Crippen MR) is 71.3 cm³/mol. The van der Waals surface area contributed by atoms with E-state index in [0.717, 1.165) is 35.6 Å². The van der Waals surface area contributed by atoms with E-state index in [2.05, 4.69) is 26.4 Å². The van der Waals surface area contributed by atoms with Gasteiger partial charge in [0.15, 0.2) is 0 Å². The van der Waals surface area contributed by atoms with Gasteiger partial charge in [-0.3, -0.25) is 5.10 Å². The van der Waals surface area contributed by atoms with Crippen molar-refractivity contribution >= 4 is 0 Å². The highest BCUT2D eigenvalue weighted by molar-refractivity contribution is 5.62. The van der Waals surface area contributed by atoms with Crippen LogP contribution in [0.2, 0.25) is 0 Å². The first-order chi connectivity index (χ1) is 9.81. The summed E-state index contributed by atoms with van der Waals surface area (Å²) in [5, 5.41) is 10.9. The highest BCUT2D eigenvalue weighted by Gasteiger charge is 2.17. The fourth-order valence-corrected chi connectivity index (χ4v) is 2.34. The molecular formula is C14H12N4O2. The van der Waals surface area contributed by atoms with Crippen molar-refractivity contribution in [3.8, 4) is 28.6 Å². The summed E-state index contributed by atoms with van der Waals surface area (Å²) in [6.45, 7) is 2.66. The molecule has 1 aromatic carbocycles. The molecule has 20 heavy (non-hydrogen) atoms. The van der Waals surface area contributed by atoms with Gasteiger partial charge in [0.2, 0.25) is 5.82 Å². The van der Waals surface area contributed by atoms with Crippen LogP contribution < -0.4 is 4.74 Å². The fourth-order valence-electron chi connectivity index (χ4n) is 2.34. The maximum absolute atomic E-state index is 5.49. The van der Waals surface area contributed by atoms with Gasteiger partial charge in [-0.25, -0.2) is 0 Å². The minimum absolute atomic E-state index is 0.475. The van der Waals surface area contributed by atoms with Crippen LogP contribution in [0.3, 0.4) is 0 Å². The fraction of sp³-hybridized carbons (Fsp3) is 0.214. The second kappa shape index (κ2) is 4.19. The number of hydrogen-bond acceptors (Lipinski definition) is 5. The average Bonchev–Trinajstić information content (AvgIpc) is 3.17. The van der Waals surface area contributed by atoms with Crippen molar-refractivity contribution in [1.82, 2.24) is 20.3 Å². The molecule has 4 rings (SSSR count). The summed E-state index contributed by atoms with van der Waals surface area (Å²) in [6, 6.07) is 5.96. The van der Waals surface area contributed by atoms with Crippen molar-refractivity contribution in [2.45, 2.75) is 13.3 Å². The number of H-pyrrole nitrogens is 1. The molecule has 0 saturated heterocycles. The maximum atomic E-state index is 5.49. The second-order valence-corrected chi connectivity index (χ2v) is 4.75. The Bertz CT molecular complexity index is 775. The lowest BCUT2D eigenvalue weighted by Crippen LogP contribution is -1.85. The first kappa shape index (κ1) is 11.2. The van der Waals surface area contributed by atoms with E-state index in [1.165, 1.54) is 5.56 Å². The molecule has 0 fully saturated rings. The molecule has 3 aromatic rings. The Balaban J connectivity index is 1.73. The first-order valence-corrected chi connectivity index (χ1v) is 6.41. The number of hydrogen-bond donors (Lipinski definition) is 1. The Hall–Kier alpha value is -2.63. The Kier molecular flexibility index (Phi) is 2.35. The lowest BCUT2D eigenvalue weighted by Gasteiger charge is -1.99. The number of ether oxygens (including phenoxy) is 1. The van der Waals surface area contributed by atoms with Gasteiger partial charge in [-0.1, -0.05) is 5.16 Å². The monoisotopic (exact) mass is 268 g/mol. The van der Waals surface area contributed by atoms with Crippen LogP contribution in [0.4, 0.5) is 0 Å². The molecule has 1 aliphatic heterocycles. The second-order valence-electron chi connectivity index (χ2n) is 4.75. The summed E-state index contributed by atoms with van der Waals surface area (Å²) in [5.74, 6) is 2.00. The van der Waals surface area contributed by atoms with Gasteiger partial charge < -0.3 is 9.26 Å². The first-order valence-electron chi connectivity index (χ1n) is 6.41. The molecule has 1 N–H and O–H groups in total. The molecule has 6 heteroatoms. The van der Waals surface area contributed by atoms with Gasteiger partial charge >= 0.3 is 0 Å². The summed E-state index contributed by atoms with van der Waals surface area (Å²) in [6.07, 6.45) is 2.61. The Morgan fingerprint density at radius 3 is 3.10 bits per heavy atom. The van der Waals surface area contributed by atoms with E-state index >= 15 is 0 Å². The average molecular weight is 268 g/mol. The lowest BCUT2D eigenvalue weighted by atomic mass is 10.1. The van der Waals surface area contributed by atoms with Crippen LogP contribution in [0, 0.1) is 6.92 Å². The summed E-state index contributed by atoms with van der Waals surface area (Å²) >= 11 is 0. The molecule has 0 unspecified atom stereocenters. The molecule has 6 nitrogen and oxygen atoms in total. The molecule has 2 aromatic heterocycles. The third-order valence-corrected chi connectivity index (χ3v) is 3.43. The molecule has 1 aliphatic rings. The lowest BCUT2D eigenvalue weighted by molar-refractivity contribution is 0.357. The number of rotatable bonds is 2. The van der Waals surface area contributed by atoms with Crippen LogP contribution in [0.1, 0.15) is 11.3 Å². The molecule has 0 bridgehead atoms. The van der Waals surface area contributed by atoms with Crippen molar-refractivity contribution < 1.29 is 9.26 Å². The molecule has 0 spiro atoms.